The molecule has 1 aromatic carbocycles. The number of carbonyl (C=O) groups is 1. The molecule has 4 heteroatoms. The number of nitrogens with zero attached hydrogens (tertiary/aromatic N) is 1. The first-order valence-corrected chi connectivity index (χ1v) is 6.14. The molecule has 0 aliphatic heterocycles. The van der Waals surface area contributed by atoms with E-state index in [4.69, 9.17) is 16.3 Å². The van der Waals surface area contributed by atoms with E-state index in [1.807, 2.05) is 12.1 Å². The molecule has 0 N–H and O–H groups in total. The molecule has 0 heterocycles. The van der Waals surface area contributed by atoms with Crippen LogP contribution in [0.15, 0.2) is 18.2 Å². The molecule has 1 fully saturated rings. The highest BCUT2D eigenvalue weighted by Gasteiger charge is 2.29. The lowest BCUT2D eigenvalue weighted by Gasteiger charge is -2.24. The van der Waals surface area contributed by atoms with E-state index in [1.165, 1.54) is 12.8 Å². The zero-order valence-electron chi connectivity index (χ0n) is 9.86. The molecule has 0 unspecified atom stereocenters. The van der Waals surface area contributed by atoms with Gasteiger partial charge in [0.2, 0.25) is 0 Å². The molecule has 1 aliphatic carbocycles. The molecule has 1 saturated carbocycles. The van der Waals surface area contributed by atoms with Crippen LogP contribution in [0, 0.1) is 0 Å². The van der Waals surface area contributed by atoms with Crippen LogP contribution < -0.4 is 4.90 Å². The van der Waals surface area contributed by atoms with Crippen LogP contribution in [0.4, 0.5) is 5.69 Å². The van der Waals surface area contributed by atoms with Crippen molar-refractivity contribution in [2.45, 2.75) is 18.9 Å². The minimum absolute atomic E-state index is 0.514. The van der Waals surface area contributed by atoms with E-state index in [9.17, 15) is 4.79 Å². The van der Waals surface area contributed by atoms with Gasteiger partial charge >= 0.3 is 0 Å². The van der Waals surface area contributed by atoms with Gasteiger partial charge in [0, 0.05) is 30.9 Å². The molecule has 0 atom stereocenters. The second-order valence-corrected chi connectivity index (χ2v) is 4.65. The van der Waals surface area contributed by atoms with Crippen molar-refractivity contribution >= 4 is 23.6 Å². The van der Waals surface area contributed by atoms with E-state index in [1.54, 1.807) is 13.2 Å². The Kier molecular flexibility index (Phi) is 4.02. The van der Waals surface area contributed by atoms with Crippen LogP contribution in [0.25, 0.3) is 0 Å². The van der Waals surface area contributed by atoms with Crippen LogP contribution in [0.5, 0.6) is 0 Å². The highest BCUT2D eigenvalue weighted by molar-refractivity contribution is 6.33. The van der Waals surface area contributed by atoms with Gasteiger partial charge in [-0.2, -0.15) is 0 Å². The summed E-state index contributed by atoms with van der Waals surface area (Å²) in [4.78, 5) is 13.0. The van der Waals surface area contributed by atoms with Crippen molar-refractivity contribution in [1.29, 1.82) is 0 Å². The molecule has 0 radical (unpaired) electrons. The van der Waals surface area contributed by atoms with Gasteiger partial charge in [0.25, 0.3) is 0 Å². The number of carbonyl (C=O) groups excluding carboxylic acids is 1. The summed E-state index contributed by atoms with van der Waals surface area (Å²) >= 11 is 6.04. The Balaban J connectivity index is 2.17. The highest BCUT2D eigenvalue weighted by atomic mass is 35.5. The Morgan fingerprint density at radius 3 is 2.82 bits per heavy atom. The largest absolute Gasteiger partial charge is 0.383 e. The minimum Gasteiger partial charge on any atom is -0.383 e. The van der Waals surface area contributed by atoms with Crippen molar-refractivity contribution in [2.24, 2.45) is 0 Å². The molecule has 0 aromatic heterocycles. The van der Waals surface area contributed by atoms with E-state index in [0.29, 0.717) is 23.2 Å². The average molecular weight is 254 g/mol. The average Bonchev–Trinajstić information content (AvgIpc) is 3.14. The maximum absolute atomic E-state index is 10.7. The van der Waals surface area contributed by atoms with Crippen LogP contribution >= 0.6 is 11.6 Å². The van der Waals surface area contributed by atoms with Crippen molar-refractivity contribution in [3.05, 3.63) is 28.8 Å². The quantitative estimate of drug-likeness (QED) is 0.730. The predicted molar refractivity (Wildman–Crippen MR) is 69.1 cm³/mol. The first kappa shape index (κ1) is 12.4. The van der Waals surface area contributed by atoms with Crippen LogP contribution in [-0.4, -0.2) is 32.6 Å². The number of hydrogen-bond acceptors (Lipinski definition) is 3. The Labute approximate surface area is 106 Å². The second kappa shape index (κ2) is 5.52. The molecular formula is C13H16ClNO2. The van der Waals surface area contributed by atoms with Crippen LogP contribution in [0.2, 0.25) is 5.02 Å². The molecule has 3 nitrogen and oxygen atoms in total. The summed E-state index contributed by atoms with van der Waals surface area (Å²) in [6.07, 6.45) is 3.22. The van der Waals surface area contributed by atoms with Gasteiger partial charge in [-0.1, -0.05) is 11.6 Å². The molecule has 0 spiro atoms. The summed E-state index contributed by atoms with van der Waals surface area (Å²) in [5.41, 5.74) is 1.61. The molecule has 0 saturated heterocycles. The third-order valence-electron chi connectivity index (χ3n) is 2.97. The zero-order chi connectivity index (χ0) is 12.3. The number of ether oxygens (including phenoxy) is 1. The van der Waals surface area contributed by atoms with E-state index in [2.05, 4.69) is 4.90 Å². The van der Waals surface area contributed by atoms with Crippen LogP contribution in [0.1, 0.15) is 23.2 Å². The molecule has 1 aromatic rings. The standard InChI is InChI=1S/C13H16ClNO2/c1-17-7-6-15(11-4-5-11)12-3-2-10(9-16)13(14)8-12/h2-3,8-9,11H,4-7H2,1H3. The normalized spacial score (nSPS) is 14.7. The monoisotopic (exact) mass is 253 g/mol. The topological polar surface area (TPSA) is 29.5 Å². The van der Waals surface area contributed by atoms with Crippen molar-refractivity contribution in [2.75, 3.05) is 25.2 Å². The van der Waals surface area contributed by atoms with Crippen molar-refractivity contribution in [3.63, 3.8) is 0 Å². The van der Waals surface area contributed by atoms with E-state index in [0.717, 1.165) is 18.5 Å². The van der Waals surface area contributed by atoms with Crippen molar-refractivity contribution < 1.29 is 9.53 Å². The molecule has 17 heavy (non-hydrogen) atoms. The smallest absolute Gasteiger partial charge is 0.151 e. The molecular weight excluding hydrogens is 238 g/mol. The lowest BCUT2D eigenvalue weighted by atomic mass is 10.2. The fourth-order valence-corrected chi connectivity index (χ4v) is 2.11. The Morgan fingerprint density at radius 1 is 1.53 bits per heavy atom. The lowest BCUT2D eigenvalue weighted by Crippen LogP contribution is -2.29. The van der Waals surface area contributed by atoms with Gasteiger partial charge in [-0.15, -0.1) is 0 Å². The van der Waals surface area contributed by atoms with Gasteiger partial charge < -0.3 is 9.64 Å². The van der Waals surface area contributed by atoms with Gasteiger partial charge in [0.15, 0.2) is 6.29 Å². The Hall–Kier alpha value is -1.06. The predicted octanol–water partition coefficient (Wildman–Crippen LogP) is 2.77. The number of benzene rings is 1. The molecule has 0 bridgehead atoms. The van der Waals surface area contributed by atoms with Crippen LogP contribution in [-0.2, 0) is 4.74 Å². The zero-order valence-corrected chi connectivity index (χ0v) is 10.6. The third-order valence-corrected chi connectivity index (χ3v) is 3.29. The maximum Gasteiger partial charge on any atom is 0.151 e. The molecule has 1 aliphatic rings. The first-order chi connectivity index (χ1) is 8.26. The van der Waals surface area contributed by atoms with Gasteiger partial charge in [-0.3, -0.25) is 4.79 Å². The number of methoxy groups -OCH3 is 1. The summed E-state index contributed by atoms with van der Waals surface area (Å²) in [5, 5.41) is 0.514. The SMILES string of the molecule is COCCN(c1ccc(C=O)c(Cl)c1)C1CC1. The van der Waals surface area contributed by atoms with Crippen LogP contribution in [0.3, 0.4) is 0 Å². The first-order valence-electron chi connectivity index (χ1n) is 5.76. The maximum atomic E-state index is 10.7. The third kappa shape index (κ3) is 2.99. The fraction of sp³-hybridized carbons (Fsp3) is 0.462. The second-order valence-electron chi connectivity index (χ2n) is 4.24. The number of hydrogen-bond donors (Lipinski definition) is 0. The van der Waals surface area contributed by atoms with E-state index >= 15 is 0 Å². The Bertz CT molecular complexity index is 404. The minimum atomic E-state index is 0.514. The fourth-order valence-electron chi connectivity index (χ4n) is 1.89. The number of rotatable bonds is 6. The summed E-state index contributed by atoms with van der Waals surface area (Å²) in [5.74, 6) is 0. The van der Waals surface area contributed by atoms with Crippen molar-refractivity contribution in [3.8, 4) is 0 Å². The Morgan fingerprint density at radius 2 is 2.29 bits per heavy atom. The van der Waals surface area contributed by atoms with Gasteiger partial charge in [-0.25, -0.2) is 0 Å². The van der Waals surface area contributed by atoms with E-state index < -0.39 is 0 Å². The molecule has 0 amide bonds. The molecule has 92 valence electrons. The van der Waals surface area contributed by atoms with Gasteiger partial charge in [0.05, 0.1) is 11.6 Å². The van der Waals surface area contributed by atoms with Crippen molar-refractivity contribution in [1.82, 2.24) is 0 Å². The highest BCUT2D eigenvalue weighted by Crippen LogP contribution is 2.33. The summed E-state index contributed by atoms with van der Waals surface area (Å²) in [6.45, 7) is 1.56. The van der Waals surface area contributed by atoms with Gasteiger partial charge in [0.1, 0.15) is 0 Å². The number of aldehydes is 1. The summed E-state index contributed by atoms with van der Waals surface area (Å²) in [7, 11) is 1.70. The van der Waals surface area contributed by atoms with E-state index in [-0.39, 0.29) is 0 Å². The summed E-state index contributed by atoms with van der Waals surface area (Å²) < 4.78 is 5.12. The summed E-state index contributed by atoms with van der Waals surface area (Å²) in [6, 6.07) is 6.18. The lowest BCUT2D eigenvalue weighted by molar-refractivity contribution is 0.112. The van der Waals surface area contributed by atoms with Gasteiger partial charge in [-0.05, 0) is 31.0 Å². The molecule has 2 rings (SSSR count). The number of halogens is 1. The number of anilines is 1.